The third kappa shape index (κ3) is 3.67. The molecule has 0 aromatic heterocycles. The van der Waals surface area contributed by atoms with Crippen molar-refractivity contribution in [2.24, 2.45) is 0 Å². The summed E-state index contributed by atoms with van der Waals surface area (Å²) in [6.07, 6.45) is 1.18. The van der Waals surface area contributed by atoms with Crippen molar-refractivity contribution in [1.29, 1.82) is 0 Å². The zero-order valence-corrected chi connectivity index (χ0v) is 12.7. The van der Waals surface area contributed by atoms with E-state index in [0.29, 0.717) is 11.2 Å². The van der Waals surface area contributed by atoms with E-state index in [4.69, 9.17) is 4.74 Å². The molecule has 0 bridgehead atoms. The van der Waals surface area contributed by atoms with Gasteiger partial charge in [-0.05, 0) is 23.1 Å². The molecule has 0 saturated carbocycles. The molecule has 1 heterocycles. The second-order valence-electron chi connectivity index (χ2n) is 3.53. The highest BCUT2D eigenvalue weighted by atomic mass is 79.9. The van der Waals surface area contributed by atoms with Gasteiger partial charge in [0.1, 0.15) is 6.61 Å². The number of carbonyl (C=O) groups is 1. The zero-order chi connectivity index (χ0) is 13.0. The normalized spacial score (nSPS) is 18.3. The van der Waals surface area contributed by atoms with Crippen LogP contribution < -0.4 is 0 Å². The highest BCUT2D eigenvalue weighted by Crippen LogP contribution is 2.50. The Labute approximate surface area is 123 Å². The predicted molar refractivity (Wildman–Crippen MR) is 81.3 cm³/mol. The van der Waals surface area contributed by atoms with Gasteiger partial charge in [0.25, 0.3) is 0 Å². The molecule has 1 aromatic rings. The van der Waals surface area contributed by atoms with Gasteiger partial charge in [0.2, 0.25) is 0 Å². The Kier molecular flexibility index (Phi) is 4.97. The topological polar surface area (TPSA) is 26.3 Å². The van der Waals surface area contributed by atoms with Crippen LogP contribution in [0.3, 0.4) is 0 Å². The number of halogens is 1. The molecule has 0 aliphatic carbocycles. The molecule has 2 nitrogen and oxygen atoms in total. The zero-order valence-electron chi connectivity index (χ0n) is 9.47. The van der Waals surface area contributed by atoms with Crippen molar-refractivity contribution < 1.29 is 9.53 Å². The summed E-state index contributed by atoms with van der Waals surface area (Å²) in [6, 6.07) is 8.26. The second-order valence-corrected chi connectivity index (χ2v) is 6.96. The van der Waals surface area contributed by atoms with Crippen LogP contribution >= 0.6 is 39.5 Å². The second kappa shape index (κ2) is 6.50. The molecule has 0 spiro atoms. The maximum atomic E-state index is 11.0. The summed E-state index contributed by atoms with van der Waals surface area (Å²) in [5, 5.41) is 2.05. The van der Waals surface area contributed by atoms with Gasteiger partial charge < -0.3 is 4.74 Å². The number of hydrogen-bond acceptors (Lipinski definition) is 4. The molecule has 0 fully saturated rings. The molecule has 18 heavy (non-hydrogen) atoms. The minimum absolute atomic E-state index is 0.329. The van der Waals surface area contributed by atoms with Crippen molar-refractivity contribution in [3.05, 3.63) is 57.3 Å². The van der Waals surface area contributed by atoms with Crippen LogP contribution in [-0.2, 0) is 9.53 Å². The van der Waals surface area contributed by atoms with Crippen LogP contribution in [0, 0.1) is 0 Å². The molecule has 0 saturated heterocycles. The first-order chi connectivity index (χ1) is 8.69. The molecule has 1 aromatic carbocycles. The molecule has 0 N–H and O–H groups in total. The Morgan fingerprint density at radius 2 is 2.17 bits per heavy atom. The molecule has 0 radical (unpaired) electrons. The van der Waals surface area contributed by atoms with Crippen LogP contribution in [-0.4, -0.2) is 12.6 Å². The van der Waals surface area contributed by atoms with Crippen molar-refractivity contribution in [2.75, 3.05) is 6.61 Å². The molecular formula is C13H11BrO2S2. The molecule has 94 valence electrons. The largest absolute Gasteiger partial charge is 0.457 e. The molecule has 2 rings (SSSR count). The lowest BCUT2D eigenvalue weighted by Crippen LogP contribution is -2.01. The van der Waals surface area contributed by atoms with E-state index in [0.717, 1.165) is 9.38 Å². The van der Waals surface area contributed by atoms with Crippen molar-refractivity contribution in [3.8, 4) is 0 Å². The quantitative estimate of drug-likeness (QED) is 0.594. The minimum Gasteiger partial charge on any atom is -0.457 e. The molecule has 0 amide bonds. The van der Waals surface area contributed by atoms with Gasteiger partial charge in [-0.3, -0.25) is 0 Å². The first-order valence-electron chi connectivity index (χ1n) is 5.25. The number of ether oxygens (including phenoxy) is 1. The number of thioether (sulfide) groups is 2. The van der Waals surface area contributed by atoms with Gasteiger partial charge in [0, 0.05) is 15.5 Å². The summed E-state index contributed by atoms with van der Waals surface area (Å²) in [5.41, 5.74) is 1.26. The Hall–Kier alpha value is -0.650. The van der Waals surface area contributed by atoms with E-state index in [1.165, 1.54) is 11.6 Å². The smallest absolute Gasteiger partial charge is 0.330 e. The van der Waals surface area contributed by atoms with E-state index >= 15 is 0 Å². The SMILES string of the molecule is C=CC(=O)OCC1=CSC(c2ccc(Br)cc2)S1. The third-order valence-corrected chi connectivity index (χ3v) is 5.51. The summed E-state index contributed by atoms with van der Waals surface area (Å²) in [6.45, 7) is 3.70. The van der Waals surface area contributed by atoms with Gasteiger partial charge in [-0.2, -0.15) is 0 Å². The van der Waals surface area contributed by atoms with E-state index in [-0.39, 0.29) is 5.97 Å². The lowest BCUT2D eigenvalue weighted by Gasteiger charge is -2.09. The van der Waals surface area contributed by atoms with E-state index < -0.39 is 0 Å². The fraction of sp³-hybridized carbons (Fsp3) is 0.154. The van der Waals surface area contributed by atoms with Crippen molar-refractivity contribution >= 4 is 45.4 Å². The fourth-order valence-electron chi connectivity index (χ4n) is 1.37. The molecular weight excluding hydrogens is 332 g/mol. The summed E-state index contributed by atoms with van der Waals surface area (Å²) < 4.78 is 6.43. The minimum atomic E-state index is -0.381. The lowest BCUT2D eigenvalue weighted by atomic mass is 10.2. The summed E-state index contributed by atoms with van der Waals surface area (Å²) in [5.74, 6) is -0.381. The number of hydrogen-bond donors (Lipinski definition) is 0. The number of esters is 1. The van der Waals surface area contributed by atoms with Gasteiger partial charge in [-0.1, -0.05) is 34.6 Å². The third-order valence-electron chi connectivity index (χ3n) is 2.25. The van der Waals surface area contributed by atoms with Crippen LogP contribution in [0.25, 0.3) is 0 Å². The Morgan fingerprint density at radius 1 is 1.44 bits per heavy atom. The molecule has 1 aliphatic rings. The van der Waals surface area contributed by atoms with Crippen LogP contribution in [0.1, 0.15) is 10.1 Å². The first kappa shape index (κ1) is 13.8. The summed E-state index contributed by atoms with van der Waals surface area (Å²) in [7, 11) is 0. The predicted octanol–water partition coefficient (Wildman–Crippen LogP) is 4.50. The average Bonchev–Trinajstić information content (AvgIpc) is 2.85. The Morgan fingerprint density at radius 3 is 2.83 bits per heavy atom. The highest BCUT2D eigenvalue weighted by molar-refractivity contribution is 9.10. The van der Waals surface area contributed by atoms with Crippen LogP contribution in [0.2, 0.25) is 0 Å². The van der Waals surface area contributed by atoms with Gasteiger partial charge in [0.05, 0.1) is 4.58 Å². The number of carbonyl (C=O) groups excluding carboxylic acids is 1. The van der Waals surface area contributed by atoms with E-state index in [2.05, 4.69) is 34.6 Å². The molecule has 1 atom stereocenters. The Balaban J connectivity index is 1.89. The fourth-order valence-corrected chi connectivity index (χ4v) is 4.13. The van der Waals surface area contributed by atoms with Gasteiger partial charge in [-0.15, -0.1) is 23.5 Å². The number of benzene rings is 1. The maximum Gasteiger partial charge on any atom is 0.330 e. The summed E-state index contributed by atoms with van der Waals surface area (Å²) >= 11 is 6.88. The monoisotopic (exact) mass is 342 g/mol. The molecule has 5 heteroatoms. The highest BCUT2D eigenvalue weighted by Gasteiger charge is 2.21. The average molecular weight is 343 g/mol. The maximum absolute atomic E-state index is 11.0. The molecule has 1 aliphatic heterocycles. The van der Waals surface area contributed by atoms with E-state index in [1.54, 1.807) is 23.5 Å². The van der Waals surface area contributed by atoms with Crippen molar-refractivity contribution in [1.82, 2.24) is 0 Å². The van der Waals surface area contributed by atoms with Crippen LogP contribution in [0.5, 0.6) is 0 Å². The van der Waals surface area contributed by atoms with Crippen LogP contribution in [0.15, 0.2) is 51.7 Å². The number of rotatable bonds is 4. The van der Waals surface area contributed by atoms with Crippen molar-refractivity contribution in [3.63, 3.8) is 0 Å². The first-order valence-corrected chi connectivity index (χ1v) is 7.86. The van der Waals surface area contributed by atoms with Crippen molar-refractivity contribution in [2.45, 2.75) is 4.58 Å². The van der Waals surface area contributed by atoms with E-state index in [1.807, 2.05) is 17.5 Å². The van der Waals surface area contributed by atoms with Gasteiger partial charge >= 0.3 is 5.97 Å². The standard InChI is InChI=1S/C13H11BrO2S2/c1-2-12(15)16-7-11-8-17-13(18-11)9-3-5-10(14)6-4-9/h2-6,8,13H,1,7H2. The Bertz CT molecular complexity index is 482. The van der Waals surface area contributed by atoms with Gasteiger partial charge in [0.15, 0.2) is 0 Å². The summed E-state index contributed by atoms with van der Waals surface area (Å²) in [4.78, 5) is 12.0. The van der Waals surface area contributed by atoms with Crippen LogP contribution in [0.4, 0.5) is 0 Å². The van der Waals surface area contributed by atoms with Gasteiger partial charge in [-0.25, -0.2) is 4.79 Å². The molecule has 1 unspecified atom stereocenters. The lowest BCUT2D eigenvalue weighted by molar-refractivity contribution is -0.136. The van der Waals surface area contributed by atoms with E-state index in [9.17, 15) is 4.79 Å².